The molecule has 0 bridgehead atoms. The Balaban J connectivity index is 2.20. The Morgan fingerprint density at radius 3 is 2.80 bits per heavy atom. The average molecular weight is 203 g/mol. The van der Waals surface area contributed by atoms with E-state index in [0.29, 0.717) is 6.04 Å². The van der Waals surface area contributed by atoms with E-state index in [1.54, 1.807) is 0 Å². The normalized spacial score (nSPS) is 16.7. The molecule has 1 unspecified atom stereocenters. The molecule has 0 fully saturated rings. The Morgan fingerprint density at radius 1 is 1.40 bits per heavy atom. The van der Waals surface area contributed by atoms with Gasteiger partial charge in [0.2, 0.25) is 0 Å². The molecule has 2 heteroatoms. The number of carbonyl (C=O) groups excluding carboxylic acids is 1. The number of rotatable bonds is 3. The summed E-state index contributed by atoms with van der Waals surface area (Å²) in [5, 5.41) is 0. The summed E-state index contributed by atoms with van der Waals surface area (Å²) in [6.07, 6.45) is 2.21. The van der Waals surface area contributed by atoms with E-state index in [-0.39, 0.29) is 5.91 Å². The molecule has 1 heterocycles. The zero-order valence-electron chi connectivity index (χ0n) is 9.36. The number of hydrogen-bond acceptors (Lipinski definition) is 1. The van der Waals surface area contributed by atoms with Gasteiger partial charge >= 0.3 is 0 Å². The third-order valence-electron chi connectivity index (χ3n) is 3.09. The molecule has 0 N–H and O–H groups in total. The molecule has 1 aromatic carbocycles. The minimum absolute atomic E-state index is 0.201. The Labute approximate surface area is 90.9 Å². The molecule has 0 saturated heterocycles. The van der Waals surface area contributed by atoms with Crippen LogP contribution < -0.4 is 0 Å². The van der Waals surface area contributed by atoms with E-state index in [1.807, 2.05) is 29.2 Å². The van der Waals surface area contributed by atoms with Gasteiger partial charge in [-0.05, 0) is 25.0 Å². The van der Waals surface area contributed by atoms with Gasteiger partial charge < -0.3 is 4.90 Å². The highest BCUT2D eigenvalue weighted by Crippen LogP contribution is 2.25. The van der Waals surface area contributed by atoms with Gasteiger partial charge in [-0.25, -0.2) is 0 Å². The zero-order valence-corrected chi connectivity index (χ0v) is 9.36. The first-order chi connectivity index (χ1) is 7.24. The first-order valence-corrected chi connectivity index (χ1v) is 5.63. The molecule has 1 aromatic rings. The second-order valence-corrected chi connectivity index (χ2v) is 4.23. The van der Waals surface area contributed by atoms with Gasteiger partial charge in [-0.15, -0.1) is 0 Å². The van der Waals surface area contributed by atoms with Gasteiger partial charge in [-0.1, -0.05) is 31.5 Å². The number of fused-ring (bicyclic) bond motifs is 1. The Bertz CT molecular complexity index is 373. The second-order valence-electron chi connectivity index (χ2n) is 4.23. The van der Waals surface area contributed by atoms with Crippen molar-refractivity contribution in [3.63, 3.8) is 0 Å². The molecule has 1 atom stereocenters. The number of benzene rings is 1. The van der Waals surface area contributed by atoms with Gasteiger partial charge in [0.1, 0.15) is 0 Å². The third-order valence-corrected chi connectivity index (χ3v) is 3.09. The van der Waals surface area contributed by atoms with Crippen LogP contribution in [0.5, 0.6) is 0 Å². The van der Waals surface area contributed by atoms with Gasteiger partial charge in [0.05, 0.1) is 0 Å². The molecule has 1 aliphatic heterocycles. The van der Waals surface area contributed by atoms with Crippen LogP contribution in [-0.4, -0.2) is 16.8 Å². The third kappa shape index (κ3) is 1.76. The van der Waals surface area contributed by atoms with Crippen molar-refractivity contribution in [3.8, 4) is 0 Å². The van der Waals surface area contributed by atoms with Crippen molar-refractivity contribution >= 4 is 5.91 Å². The molecule has 1 amide bonds. The summed E-state index contributed by atoms with van der Waals surface area (Å²) in [5.74, 6) is 0.201. The van der Waals surface area contributed by atoms with Crippen molar-refractivity contribution in [2.24, 2.45) is 0 Å². The van der Waals surface area contributed by atoms with Crippen LogP contribution in [0.4, 0.5) is 0 Å². The van der Waals surface area contributed by atoms with E-state index in [9.17, 15) is 4.79 Å². The van der Waals surface area contributed by atoms with Crippen LogP contribution in [0, 0.1) is 0 Å². The van der Waals surface area contributed by atoms with Gasteiger partial charge in [-0.2, -0.15) is 0 Å². The quantitative estimate of drug-likeness (QED) is 0.739. The van der Waals surface area contributed by atoms with Gasteiger partial charge in [0, 0.05) is 18.2 Å². The van der Waals surface area contributed by atoms with Gasteiger partial charge in [0.15, 0.2) is 0 Å². The first-order valence-electron chi connectivity index (χ1n) is 5.63. The fraction of sp³-hybridized carbons (Fsp3) is 0.462. The van der Waals surface area contributed by atoms with E-state index < -0.39 is 0 Å². The molecule has 2 nitrogen and oxygen atoms in total. The minimum atomic E-state index is 0.201. The van der Waals surface area contributed by atoms with Gasteiger partial charge in [0.25, 0.3) is 5.91 Å². The van der Waals surface area contributed by atoms with Crippen LogP contribution in [0.25, 0.3) is 0 Å². The van der Waals surface area contributed by atoms with Crippen molar-refractivity contribution in [1.29, 1.82) is 0 Å². The second kappa shape index (κ2) is 4.05. The Kier molecular flexibility index (Phi) is 2.76. The maximum Gasteiger partial charge on any atom is 0.254 e. The van der Waals surface area contributed by atoms with E-state index in [4.69, 9.17) is 0 Å². The van der Waals surface area contributed by atoms with E-state index in [2.05, 4.69) is 13.8 Å². The largest absolute Gasteiger partial charge is 0.332 e. The molecule has 80 valence electrons. The van der Waals surface area contributed by atoms with Crippen molar-refractivity contribution in [2.75, 3.05) is 0 Å². The molecule has 0 aliphatic carbocycles. The van der Waals surface area contributed by atoms with Crippen LogP contribution in [0.3, 0.4) is 0 Å². The highest BCUT2D eigenvalue weighted by molar-refractivity contribution is 5.98. The number of nitrogens with zero attached hydrogens (tertiary/aromatic N) is 1. The van der Waals surface area contributed by atoms with Crippen LogP contribution in [0.2, 0.25) is 0 Å². The van der Waals surface area contributed by atoms with Crippen molar-refractivity contribution in [2.45, 2.75) is 39.3 Å². The lowest BCUT2D eigenvalue weighted by atomic mass is 10.1. The summed E-state index contributed by atoms with van der Waals surface area (Å²) in [7, 11) is 0. The molecule has 0 saturated carbocycles. The standard InChI is InChI=1S/C13H17NO/c1-3-6-10(2)14-9-11-7-4-5-8-12(11)13(14)15/h4-5,7-8,10H,3,6,9H2,1-2H3. The zero-order chi connectivity index (χ0) is 10.8. The molecule has 1 aliphatic rings. The number of amides is 1. The maximum absolute atomic E-state index is 12.0. The molecule has 0 aromatic heterocycles. The fourth-order valence-corrected chi connectivity index (χ4v) is 2.21. The predicted molar refractivity (Wildman–Crippen MR) is 60.7 cm³/mol. The lowest BCUT2D eigenvalue weighted by Gasteiger charge is -2.23. The molecule has 15 heavy (non-hydrogen) atoms. The lowest BCUT2D eigenvalue weighted by Crippen LogP contribution is -2.33. The maximum atomic E-state index is 12.0. The summed E-state index contributed by atoms with van der Waals surface area (Å²) in [4.78, 5) is 14.0. The van der Waals surface area contributed by atoms with E-state index in [0.717, 1.165) is 24.9 Å². The van der Waals surface area contributed by atoms with Crippen molar-refractivity contribution in [1.82, 2.24) is 4.90 Å². The Hall–Kier alpha value is -1.31. The molecule has 0 spiro atoms. The molecular weight excluding hydrogens is 186 g/mol. The highest BCUT2D eigenvalue weighted by atomic mass is 16.2. The van der Waals surface area contributed by atoms with Crippen molar-refractivity contribution < 1.29 is 4.79 Å². The average Bonchev–Trinajstić information content (AvgIpc) is 2.57. The van der Waals surface area contributed by atoms with Crippen LogP contribution in [0.15, 0.2) is 24.3 Å². The topological polar surface area (TPSA) is 20.3 Å². The summed E-state index contributed by atoms with van der Waals surface area (Å²) in [5.41, 5.74) is 2.06. The monoisotopic (exact) mass is 203 g/mol. The number of carbonyl (C=O) groups is 1. The smallest absolute Gasteiger partial charge is 0.254 e. The molecular formula is C13H17NO. The minimum Gasteiger partial charge on any atom is -0.332 e. The lowest BCUT2D eigenvalue weighted by molar-refractivity contribution is 0.0709. The van der Waals surface area contributed by atoms with Crippen molar-refractivity contribution in [3.05, 3.63) is 35.4 Å². The SMILES string of the molecule is CCCC(C)N1Cc2ccccc2C1=O. The first kappa shape index (κ1) is 10.2. The van der Waals surface area contributed by atoms with Gasteiger partial charge in [-0.3, -0.25) is 4.79 Å². The number of hydrogen-bond donors (Lipinski definition) is 0. The van der Waals surface area contributed by atoms with Crippen LogP contribution >= 0.6 is 0 Å². The molecule has 2 rings (SSSR count). The summed E-state index contributed by atoms with van der Waals surface area (Å²) >= 11 is 0. The summed E-state index contributed by atoms with van der Waals surface area (Å²) in [6.45, 7) is 5.08. The fourth-order valence-electron chi connectivity index (χ4n) is 2.21. The molecule has 0 radical (unpaired) electrons. The van der Waals surface area contributed by atoms with E-state index >= 15 is 0 Å². The summed E-state index contributed by atoms with van der Waals surface area (Å²) < 4.78 is 0. The van der Waals surface area contributed by atoms with Crippen LogP contribution in [-0.2, 0) is 6.54 Å². The van der Waals surface area contributed by atoms with Crippen LogP contribution in [0.1, 0.15) is 42.6 Å². The predicted octanol–water partition coefficient (Wildman–Crippen LogP) is 2.83. The summed E-state index contributed by atoms with van der Waals surface area (Å²) in [6, 6.07) is 8.27. The van der Waals surface area contributed by atoms with E-state index in [1.165, 1.54) is 5.56 Å². The highest BCUT2D eigenvalue weighted by Gasteiger charge is 2.29. The Morgan fingerprint density at radius 2 is 2.13 bits per heavy atom.